The van der Waals surface area contributed by atoms with Gasteiger partial charge in [0.05, 0.1) is 30.3 Å². The SMILES string of the molecule is O=C(/C=C/c1cccc(/C=C2\Oc3ccccc3NC2=O)c1)Nc1ccccc1N1CCOCC1. The van der Waals surface area contributed by atoms with Gasteiger partial charge in [-0.3, -0.25) is 9.59 Å². The third-order valence-electron chi connectivity index (χ3n) is 5.73. The molecule has 2 aliphatic heterocycles. The van der Waals surface area contributed by atoms with Crippen molar-refractivity contribution in [3.05, 3.63) is 95.8 Å². The van der Waals surface area contributed by atoms with Crippen molar-refractivity contribution in [1.29, 1.82) is 0 Å². The predicted octanol–water partition coefficient (Wildman–Crippen LogP) is 4.55. The Labute approximate surface area is 203 Å². The second-order valence-corrected chi connectivity index (χ2v) is 8.17. The fourth-order valence-electron chi connectivity index (χ4n) is 4.01. The Balaban J connectivity index is 1.28. The van der Waals surface area contributed by atoms with Crippen molar-refractivity contribution in [1.82, 2.24) is 0 Å². The normalized spacial score (nSPS) is 16.5. The van der Waals surface area contributed by atoms with Crippen molar-refractivity contribution in [2.24, 2.45) is 0 Å². The highest BCUT2D eigenvalue weighted by Crippen LogP contribution is 2.31. The molecule has 176 valence electrons. The van der Waals surface area contributed by atoms with Crippen LogP contribution in [0.15, 0.2) is 84.6 Å². The number of hydrogen-bond acceptors (Lipinski definition) is 5. The smallest absolute Gasteiger partial charge is 0.291 e. The van der Waals surface area contributed by atoms with E-state index in [1.54, 1.807) is 24.3 Å². The molecule has 0 aliphatic carbocycles. The van der Waals surface area contributed by atoms with Crippen molar-refractivity contribution >= 4 is 41.0 Å². The van der Waals surface area contributed by atoms with Gasteiger partial charge in [0.2, 0.25) is 5.91 Å². The molecule has 0 aromatic heterocycles. The van der Waals surface area contributed by atoms with E-state index in [4.69, 9.17) is 9.47 Å². The fraction of sp³-hybridized carbons (Fsp3) is 0.143. The summed E-state index contributed by atoms with van der Waals surface area (Å²) >= 11 is 0. The summed E-state index contributed by atoms with van der Waals surface area (Å²) in [5.41, 5.74) is 4.01. The first-order valence-corrected chi connectivity index (χ1v) is 11.5. The number of ether oxygens (including phenoxy) is 2. The zero-order valence-corrected chi connectivity index (χ0v) is 19.1. The van der Waals surface area contributed by atoms with Crippen LogP contribution in [0.3, 0.4) is 0 Å². The van der Waals surface area contributed by atoms with Gasteiger partial charge in [0, 0.05) is 19.2 Å². The van der Waals surface area contributed by atoms with Gasteiger partial charge >= 0.3 is 0 Å². The third kappa shape index (κ3) is 5.42. The minimum absolute atomic E-state index is 0.210. The van der Waals surface area contributed by atoms with E-state index >= 15 is 0 Å². The molecule has 35 heavy (non-hydrogen) atoms. The summed E-state index contributed by atoms with van der Waals surface area (Å²) in [5, 5.41) is 5.81. The summed E-state index contributed by atoms with van der Waals surface area (Å²) in [6, 6.07) is 22.6. The Bertz CT molecular complexity index is 1310. The van der Waals surface area contributed by atoms with Crippen molar-refractivity contribution < 1.29 is 19.1 Å². The van der Waals surface area contributed by atoms with Crippen LogP contribution in [-0.2, 0) is 14.3 Å². The molecule has 0 unspecified atom stereocenters. The highest BCUT2D eigenvalue weighted by molar-refractivity contribution is 6.08. The number of morpholine rings is 1. The van der Waals surface area contributed by atoms with E-state index in [2.05, 4.69) is 15.5 Å². The second-order valence-electron chi connectivity index (χ2n) is 8.17. The minimum atomic E-state index is -0.303. The van der Waals surface area contributed by atoms with Gasteiger partial charge in [-0.15, -0.1) is 0 Å². The number of fused-ring (bicyclic) bond motifs is 1. The first-order chi connectivity index (χ1) is 17.2. The van der Waals surface area contributed by atoms with Gasteiger partial charge in [-0.1, -0.05) is 42.5 Å². The van der Waals surface area contributed by atoms with Crippen LogP contribution >= 0.6 is 0 Å². The Kier molecular flexibility index (Phi) is 6.59. The molecule has 7 nitrogen and oxygen atoms in total. The molecule has 7 heteroatoms. The maximum absolute atomic E-state index is 12.7. The lowest BCUT2D eigenvalue weighted by molar-refractivity contribution is -0.115. The molecule has 1 saturated heterocycles. The van der Waals surface area contributed by atoms with Crippen LogP contribution in [-0.4, -0.2) is 38.1 Å². The van der Waals surface area contributed by atoms with Gasteiger partial charge in [-0.05, 0) is 53.6 Å². The zero-order chi connectivity index (χ0) is 24.0. The van der Waals surface area contributed by atoms with Crippen molar-refractivity contribution in [3.8, 4) is 5.75 Å². The van der Waals surface area contributed by atoms with Gasteiger partial charge in [0.15, 0.2) is 11.5 Å². The molecule has 0 atom stereocenters. The lowest BCUT2D eigenvalue weighted by Gasteiger charge is -2.30. The average Bonchev–Trinajstić information content (AvgIpc) is 2.89. The number of rotatable bonds is 5. The van der Waals surface area contributed by atoms with Crippen LogP contribution in [0.1, 0.15) is 11.1 Å². The Morgan fingerprint density at radius 2 is 1.71 bits per heavy atom. The molecule has 0 bridgehead atoms. The number of nitrogens with zero attached hydrogens (tertiary/aromatic N) is 1. The number of nitrogens with one attached hydrogen (secondary N) is 2. The molecule has 0 saturated carbocycles. The van der Waals surface area contributed by atoms with Crippen LogP contribution < -0.4 is 20.3 Å². The van der Waals surface area contributed by atoms with Crippen LogP contribution in [0, 0.1) is 0 Å². The lowest BCUT2D eigenvalue weighted by Crippen LogP contribution is -2.36. The summed E-state index contributed by atoms with van der Waals surface area (Å²) in [6.07, 6.45) is 4.93. The maximum atomic E-state index is 12.7. The molecule has 2 N–H and O–H groups in total. The number of benzene rings is 3. The summed E-state index contributed by atoms with van der Waals surface area (Å²) in [6.45, 7) is 2.93. The molecular formula is C28H25N3O4. The second kappa shape index (κ2) is 10.3. The van der Waals surface area contributed by atoms with E-state index in [0.29, 0.717) is 24.7 Å². The number of carbonyl (C=O) groups excluding carboxylic acids is 2. The van der Waals surface area contributed by atoms with Crippen LogP contribution in [0.25, 0.3) is 12.2 Å². The number of amides is 2. The van der Waals surface area contributed by atoms with E-state index in [0.717, 1.165) is 35.6 Å². The van der Waals surface area contributed by atoms with E-state index in [1.165, 1.54) is 6.08 Å². The molecular weight excluding hydrogens is 442 g/mol. The highest BCUT2D eigenvalue weighted by Gasteiger charge is 2.21. The van der Waals surface area contributed by atoms with Crippen molar-refractivity contribution in [2.75, 3.05) is 41.8 Å². The van der Waals surface area contributed by atoms with Gasteiger partial charge in [0.1, 0.15) is 0 Å². The third-order valence-corrected chi connectivity index (χ3v) is 5.73. The quantitative estimate of drug-likeness (QED) is 0.539. The van der Waals surface area contributed by atoms with Crippen LogP contribution in [0.4, 0.5) is 17.1 Å². The largest absolute Gasteiger partial charge is 0.449 e. The Morgan fingerprint density at radius 1 is 0.943 bits per heavy atom. The molecule has 2 aliphatic rings. The number of carbonyl (C=O) groups is 2. The maximum Gasteiger partial charge on any atom is 0.291 e. The number of hydrogen-bond donors (Lipinski definition) is 2. The van der Waals surface area contributed by atoms with Crippen molar-refractivity contribution in [2.45, 2.75) is 0 Å². The molecule has 0 spiro atoms. The highest BCUT2D eigenvalue weighted by atomic mass is 16.5. The Hall–Kier alpha value is -4.36. The van der Waals surface area contributed by atoms with Gasteiger partial charge in [-0.2, -0.15) is 0 Å². The molecule has 1 fully saturated rings. The average molecular weight is 468 g/mol. The van der Waals surface area contributed by atoms with Gasteiger partial charge in [-0.25, -0.2) is 0 Å². The molecule has 2 heterocycles. The minimum Gasteiger partial charge on any atom is -0.449 e. The lowest BCUT2D eigenvalue weighted by atomic mass is 10.1. The summed E-state index contributed by atoms with van der Waals surface area (Å²) in [4.78, 5) is 27.3. The molecule has 3 aromatic carbocycles. The topological polar surface area (TPSA) is 79.9 Å². The predicted molar refractivity (Wildman–Crippen MR) is 137 cm³/mol. The Morgan fingerprint density at radius 3 is 2.60 bits per heavy atom. The summed E-state index contributed by atoms with van der Waals surface area (Å²) in [5.74, 6) is 0.287. The van der Waals surface area contributed by atoms with E-state index in [-0.39, 0.29) is 17.6 Å². The monoisotopic (exact) mass is 467 g/mol. The first kappa shape index (κ1) is 22.4. The fourth-order valence-corrected chi connectivity index (χ4v) is 4.01. The summed E-state index contributed by atoms with van der Waals surface area (Å²) < 4.78 is 11.2. The van der Waals surface area contributed by atoms with Gasteiger partial charge < -0.3 is 25.0 Å². The van der Waals surface area contributed by atoms with Crippen LogP contribution in [0.2, 0.25) is 0 Å². The molecule has 2 amide bonds. The van der Waals surface area contributed by atoms with E-state index < -0.39 is 0 Å². The van der Waals surface area contributed by atoms with Gasteiger partial charge in [0.25, 0.3) is 5.91 Å². The number of anilines is 3. The molecule has 5 rings (SSSR count). The van der Waals surface area contributed by atoms with E-state index in [9.17, 15) is 9.59 Å². The standard InChI is InChI=1S/C28H25N3O4/c32-27(29-22-8-1-3-10-24(22)31-14-16-34-17-15-31)13-12-20-6-5-7-21(18-20)19-26-28(33)30-23-9-2-4-11-25(23)35-26/h1-13,18-19H,14-17H2,(H,29,32)(H,30,33)/b13-12+,26-19-. The molecule has 0 radical (unpaired) electrons. The zero-order valence-electron chi connectivity index (χ0n) is 19.1. The number of para-hydroxylation sites is 4. The molecule has 3 aromatic rings. The van der Waals surface area contributed by atoms with E-state index in [1.807, 2.05) is 60.7 Å². The first-order valence-electron chi connectivity index (χ1n) is 11.5. The van der Waals surface area contributed by atoms with Crippen LogP contribution in [0.5, 0.6) is 5.75 Å². The van der Waals surface area contributed by atoms with Crippen molar-refractivity contribution in [3.63, 3.8) is 0 Å². The summed E-state index contributed by atoms with van der Waals surface area (Å²) in [7, 11) is 0.